The van der Waals surface area contributed by atoms with Crippen LogP contribution in [0, 0.1) is 0 Å². The molecule has 12 heavy (non-hydrogen) atoms. The molecule has 0 atom stereocenters. The normalized spacial score (nSPS) is 10.8. The zero-order valence-electron chi connectivity index (χ0n) is 6.43. The third kappa shape index (κ3) is 2.56. The summed E-state index contributed by atoms with van der Waals surface area (Å²) < 4.78 is 0. The van der Waals surface area contributed by atoms with Crippen LogP contribution in [0.3, 0.4) is 0 Å². The Kier molecular flexibility index (Phi) is 3.63. The first-order chi connectivity index (χ1) is 5.86. The van der Waals surface area contributed by atoms with Gasteiger partial charge in [0.25, 0.3) is 0 Å². The maximum Gasteiger partial charge on any atom is 0.169 e. The van der Waals surface area contributed by atoms with Crippen molar-refractivity contribution in [1.82, 2.24) is 4.98 Å². The summed E-state index contributed by atoms with van der Waals surface area (Å²) >= 11 is 1.41. The smallest absolute Gasteiger partial charge is 0.169 e. The van der Waals surface area contributed by atoms with Gasteiger partial charge in [-0.15, -0.1) is 11.3 Å². The molecule has 1 heterocycles. The first-order valence-corrected chi connectivity index (χ1v) is 4.43. The van der Waals surface area contributed by atoms with Crippen LogP contribution in [0.25, 0.3) is 6.08 Å². The number of carbonyl (C=O) groups excluding carboxylic acids is 1. The van der Waals surface area contributed by atoms with Gasteiger partial charge in [0.1, 0.15) is 10.7 Å². The number of aldehydes is 1. The molecule has 0 aliphatic heterocycles. The van der Waals surface area contributed by atoms with Crippen LogP contribution in [0.15, 0.2) is 11.5 Å². The monoisotopic (exact) mass is 183 g/mol. The first-order valence-electron chi connectivity index (χ1n) is 3.55. The molecule has 4 heteroatoms. The van der Waals surface area contributed by atoms with Crippen molar-refractivity contribution >= 4 is 23.7 Å². The van der Waals surface area contributed by atoms with Gasteiger partial charge in [-0.1, -0.05) is 6.08 Å². The Morgan fingerprint density at radius 1 is 1.67 bits per heavy atom. The highest BCUT2D eigenvalue weighted by Crippen LogP contribution is 2.09. The lowest BCUT2D eigenvalue weighted by Gasteiger charge is -1.82. The maximum absolute atomic E-state index is 10.2. The van der Waals surface area contributed by atoms with E-state index in [-0.39, 0.29) is 6.61 Å². The van der Waals surface area contributed by atoms with Crippen molar-refractivity contribution in [3.63, 3.8) is 0 Å². The van der Waals surface area contributed by atoms with Gasteiger partial charge in [0.15, 0.2) is 6.29 Å². The van der Waals surface area contributed by atoms with Crippen LogP contribution in [0.4, 0.5) is 0 Å². The number of aliphatic hydroxyl groups is 1. The molecule has 0 saturated carbocycles. The Morgan fingerprint density at radius 2 is 2.50 bits per heavy atom. The van der Waals surface area contributed by atoms with E-state index in [0.717, 1.165) is 11.3 Å². The van der Waals surface area contributed by atoms with Crippen LogP contribution in [-0.2, 0) is 0 Å². The fourth-order valence-electron chi connectivity index (χ4n) is 0.690. The minimum atomic E-state index is 0.141. The van der Waals surface area contributed by atoms with Gasteiger partial charge in [-0.25, -0.2) is 4.98 Å². The van der Waals surface area contributed by atoms with Crippen molar-refractivity contribution in [2.24, 2.45) is 0 Å². The molecule has 0 fully saturated rings. The Bertz CT molecular complexity index is 280. The van der Waals surface area contributed by atoms with Crippen molar-refractivity contribution in [3.05, 3.63) is 22.2 Å². The Labute approximate surface area is 74.4 Å². The van der Waals surface area contributed by atoms with Gasteiger partial charge in [-0.3, -0.25) is 4.79 Å². The predicted octanol–water partition coefficient (Wildman–Crippen LogP) is 1.35. The maximum atomic E-state index is 10.2. The van der Waals surface area contributed by atoms with E-state index in [9.17, 15) is 4.79 Å². The molecule has 1 aromatic rings. The Hall–Kier alpha value is -1.00. The summed E-state index contributed by atoms with van der Waals surface area (Å²) in [5.74, 6) is 0. The second kappa shape index (κ2) is 4.79. The van der Waals surface area contributed by atoms with Gasteiger partial charge < -0.3 is 5.11 Å². The van der Waals surface area contributed by atoms with Gasteiger partial charge in [-0.2, -0.15) is 0 Å². The number of aromatic nitrogens is 1. The largest absolute Gasteiger partial charge is 0.396 e. The number of aliphatic hydroxyl groups excluding tert-OH is 1. The van der Waals surface area contributed by atoms with Gasteiger partial charge in [0, 0.05) is 12.0 Å². The lowest BCUT2D eigenvalue weighted by Crippen LogP contribution is -1.78. The molecule has 0 aromatic carbocycles. The molecule has 1 rings (SSSR count). The van der Waals surface area contributed by atoms with Gasteiger partial charge in [-0.05, 0) is 12.5 Å². The fraction of sp³-hybridized carbons (Fsp3) is 0.250. The average Bonchev–Trinajstić information content (AvgIpc) is 2.53. The van der Waals surface area contributed by atoms with Crippen LogP contribution in [-0.4, -0.2) is 23.0 Å². The number of rotatable bonds is 4. The van der Waals surface area contributed by atoms with Crippen LogP contribution < -0.4 is 0 Å². The highest BCUT2D eigenvalue weighted by Gasteiger charge is 1.95. The number of thiazole rings is 1. The fourth-order valence-corrected chi connectivity index (χ4v) is 1.37. The topological polar surface area (TPSA) is 50.2 Å². The van der Waals surface area contributed by atoms with E-state index in [0.29, 0.717) is 12.1 Å². The van der Waals surface area contributed by atoms with Crippen LogP contribution in [0.1, 0.15) is 21.9 Å². The molecule has 0 radical (unpaired) electrons. The summed E-state index contributed by atoms with van der Waals surface area (Å²) in [5, 5.41) is 11.0. The number of nitrogens with zero attached hydrogens (tertiary/aromatic N) is 1. The number of hydrogen-bond acceptors (Lipinski definition) is 4. The second-order valence-corrected chi connectivity index (χ2v) is 3.03. The van der Waals surface area contributed by atoms with Crippen LogP contribution in [0.2, 0.25) is 0 Å². The van der Waals surface area contributed by atoms with E-state index < -0.39 is 0 Å². The molecule has 0 aliphatic rings. The van der Waals surface area contributed by atoms with Crippen LogP contribution >= 0.6 is 11.3 Å². The molecule has 1 aromatic heterocycles. The summed E-state index contributed by atoms with van der Waals surface area (Å²) in [6.07, 6.45) is 4.97. The van der Waals surface area contributed by atoms with Crippen molar-refractivity contribution in [3.8, 4) is 0 Å². The quantitative estimate of drug-likeness (QED) is 0.717. The highest BCUT2D eigenvalue weighted by atomic mass is 32.1. The SMILES string of the molecule is O=Cc1csc(C=CCCO)n1. The molecule has 0 spiro atoms. The van der Waals surface area contributed by atoms with E-state index in [1.165, 1.54) is 11.3 Å². The average molecular weight is 183 g/mol. The number of carbonyl (C=O) groups is 1. The summed E-state index contributed by atoms with van der Waals surface area (Å²) in [5.41, 5.74) is 0.462. The summed E-state index contributed by atoms with van der Waals surface area (Å²) in [6.45, 7) is 0.141. The molecule has 0 bridgehead atoms. The summed E-state index contributed by atoms with van der Waals surface area (Å²) in [6, 6.07) is 0. The molecule has 3 nitrogen and oxygen atoms in total. The second-order valence-electron chi connectivity index (χ2n) is 2.14. The van der Waals surface area contributed by atoms with Crippen molar-refractivity contribution in [1.29, 1.82) is 0 Å². The minimum Gasteiger partial charge on any atom is -0.396 e. The van der Waals surface area contributed by atoms with E-state index in [1.54, 1.807) is 11.5 Å². The van der Waals surface area contributed by atoms with Crippen molar-refractivity contribution in [2.75, 3.05) is 6.61 Å². The van der Waals surface area contributed by atoms with E-state index in [2.05, 4.69) is 4.98 Å². The van der Waals surface area contributed by atoms with Gasteiger partial charge >= 0.3 is 0 Å². The number of hydrogen-bond donors (Lipinski definition) is 1. The lowest BCUT2D eigenvalue weighted by molar-refractivity contribution is 0.111. The Balaban J connectivity index is 2.57. The highest BCUT2D eigenvalue weighted by molar-refractivity contribution is 7.10. The molecule has 64 valence electrons. The zero-order chi connectivity index (χ0) is 8.81. The summed E-state index contributed by atoms with van der Waals surface area (Å²) in [7, 11) is 0. The van der Waals surface area contributed by atoms with Gasteiger partial charge in [0.2, 0.25) is 0 Å². The van der Waals surface area contributed by atoms with Crippen molar-refractivity contribution < 1.29 is 9.90 Å². The minimum absolute atomic E-state index is 0.141. The third-order valence-electron chi connectivity index (χ3n) is 1.22. The van der Waals surface area contributed by atoms with Gasteiger partial charge in [0.05, 0.1) is 0 Å². The molecular formula is C8H9NO2S. The Morgan fingerprint density at radius 3 is 3.08 bits per heavy atom. The zero-order valence-corrected chi connectivity index (χ0v) is 7.25. The van der Waals surface area contributed by atoms with Crippen molar-refractivity contribution in [2.45, 2.75) is 6.42 Å². The molecule has 0 unspecified atom stereocenters. The van der Waals surface area contributed by atoms with E-state index in [1.807, 2.05) is 6.08 Å². The molecule has 0 amide bonds. The summed E-state index contributed by atoms with van der Waals surface area (Å²) in [4.78, 5) is 14.2. The third-order valence-corrected chi connectivity index (χ3v) is 2.04. The van der Waals surface area contributed by atoms with Crippen LogP contribution in [0.5, 0.6) is 0 Å². The molecule has 0 saturated heterocycles. The first kappa shape index (κ1) is 9.09. The molecular weight excluding hydrogens is 174 g/mol. The molecule has 1 N–H and O–H groups in total. The lowest BCUT2D eigenvalue weighted by atomic mass is 10.4. The molecule has 0 aliphatic carbocycles. The van der Waals surface area contributed by atoms with E-state index >= 15 is 0 Å². The van der Waals surface area contributed by atoms with E-state index in [4.69, 9.17) is 5.11 Å². The standard InChI is InChI=1S/C8H9NO2S/c10-4-2-1-3-8-9-7(5-11)6-12-8/h1,3,5-6,10H,2,4H2. The predicted molar refractivity (Wildman–Crippen MR) is 48.2 cm³/mol.